The van der Waals surface area contributed by atoms with Crippen LogP contribution < -0.4 is 10.1 Å². The standard InChI is InChI=1S/C20H17N5O3S/c26-17(3-4-18-24-25-20(28-18)15-7-11-29-13-15)23-19-16(2-1-8-22-19)27-12-14-5-9-21-10-6-14/h1-2,5-11,13H,3-4,12H2,(H,22,23,26). The summed E-state index contributed by atoms with van der Waals surface area (Å²) in [5.74, 6) is 1.52. The average Bonchev–Trinajstić information content (AvgIpc) is 3.44. The van der Waals surface area contributed by atoms with Gasteiger partial charge in [0.2, 0.25) is 17.7 Å². The van der Waals surface area contributed by atoms with Crippen LogP contribution in [0.5, 0.6) is 5.75 Å². The fraction of sp³-hybridized carbons (Fsp3) is 0.150. The Morgan fingerprint density at radius 2 is 2.03 bits per heavy atom. The van der Waals surface area contributed by atoms with E-state index < -0.39 is 0 Å². The number of anilines is 1. The lowest BCUT2D eigenvalue weighted by Gasteiger charge is -2.11. The van der Waals surface area contributed by atoms with Gasteiger partial charge >= 0.3 is 0 Å². The number of aryl methyl sites for hydroxylation is 1. The number of hydrogen-bond acceptors (Lipinski definition) is 8. The number of ether oxygens (including phenoxy) is 1. The topological polar surface area (TPSA) is 103 Å². The Morgan fingerprint density at radius 3 is 2.86 bits per heavy atom. The highest BCUT2D eigenvalue weighted by Gasteiger charge is 2.13. The lowest BCUT2D eigenvalue weighted by Crippen LogP contribution is -2.14. The van der Waals surface area contributed by atoms with Crippen molar-refractivity contribution in [2.75, 3.05) is 5.32 Å². The van der Waals surface area contributed by atoms with E-state index in [1.807, 2.05) is 29.0 Å². The normalized spacial score (nSPS) is 10.6. The number of carbonyl (C=O) groups is 1. The van der Waals surface area contributed by atoms with E-state index >= 15 is 0 Å². The first kappa shape index (κ1) is 18.8. The van der Waals surface area contributed by atoms with Crippen LogP contribution in [0.2, 0.25) is 0 Å². The molecule has 4 aromatic heterocycles. The minimum atomic E-state index is -0.215. The summed E-state index contributed by atoms with van der Waals surface area (Å²) in [6.07, 6.45) is 5.52. The molecule has 0 bridgehead atoms. The fourth-order valence-electron chi connectivity index (χ4n) is 2.51. The molecule has 0 saturated heterocycles. The molecular weight excluding hydrogens is 390 g/mol. The maximum absolute atomic E-state index is 12.3. The first-order valence-corrected chi connectivity index (χ1v) is 9.84. The van der Waals surface area contributed by atoms with E-state index in [2.05, 4.69) is 25.5 Å². The molecule has 0 radical (unpaired) electrons. The molecule has 0 spiro atoms. The zero-order valence-electron chi connectivity index (χ0n) is 15.3. The molecule has 0 aliphatic rings. The van der Waals surface area contributed by atoms with Crippen molar-refractivity contribution in [1.82, 2.24) is 20.2 Å². The highest BCUT2D eigenvalue weighted by molar-refractivity contribution is 7.08. The minimum absolute atomic E-state index is 0.186. The SMILES string of the molecule is O=C(CCc1nnc(-c2ccsc2)o1)Nc1ncccc1OCc1ccncc1. The van der Waals surface area contributed by atoms with E-state index in [0.717, 1.165) is 11.1 Å². The Hall–Kier alpha value is -3.59. The average molecular weight is 407 g/mol. The highest BCUT2D eigenvalue weighted by atomic mass is 32.1. The summed E-state index contributed by atoms with van der Waals surface area (Å²) in [5, 5.41) is 14.6. The molecule has 0 unspecified atom stereocenters. The van der Waals surface area contributed by atoms with E-state index in [0.29, 0.717) is 36.4 Å². The summed E-state index contributed by atoms with van der Waals surface area (Å²) >= 11 is 1.55. The molecule has 0 aliphatic heterocycles. The van der Waals surface area contributed by atoms with E-state index in [-0.39, 0.29) is 12.3 Å². The fourth-order valence-corrected chi connectivity index (χ4v) is 3.14. The van der Waals surface area contributed by atoms with Gasteiger partial charge in [0.25, 0.3) is 0 Å². The largest absolute Gasteiger partial charge is 0.485 e. The molecule has 9 heteroatoms. The molecule has 1 N–H and O–H groups in total. The molecule has 8 nitrogen and oxygen atoms in total. The monoisotopic (exact) mass is 407 g/mol. The summed E-state index contributed by atoms with van der Waals surface area (Å²) in [5.41, 5.74) is 1.85. The zero-order chi connectivity index (χ0) is 19.9. The third-order valence-electron chi connectivity index (χ3n) is 3.97. The van der Waals surface area contributed by atoms with Crippen molar-refractivity contribution < 1.29 is 13.9 Å². The molecule has 0 fully saturated rings. The van der Waals surface area contributed by atoms with Crippen LogP contribution in [0.25, 0.3) is 11.5 Å². The van der Waals surface area contributed by atoms with Gasteiger partial charge < -0.3 is 14.5 Å². The predicted octanol–water partition coefficient (Wildman–Crippen LogP) is 3.74. The summed E-state index contributed by atoms with van der Waals surface area (Å²) in [6.45, 7) is 0.352. The van der Waals surface area contributed by atoms with Gasteiger partial charge in [0, 0.05) is 42.4 Å². The second-order valence-electron chi connectivity index (χ2n) is 6.06. The molecule has 4 heterocycles. The van der Waals surface area contributed by atoms with Gasteiger partial charge in [-0.1, -0.05) is 0 Å². The Balaban J connectivity index is 1.33. The predicted molar refractivity (Wildman–Crippen MR) is 107 cm³/mol. The maximum Gasteiger partial charge on any atom is 0.248 e. The summed E-state index contributed by atoms with van der Waals surface area (Å²) in [4.78, 5) is 20.5. The third-order valence-corrected chi connectivity index (χ3v) is 4.66. The molecule has 29 heavy (non-hydrogen) atoms. The molecule has 0 atom stereocenters. The van der Waals surface area contributed by atoms with Gasteiger partial charge in [-0.25, -0.2) is 4.98 Å². The number of nitrogens with zero attached hydrogens (tertiary/aromatic N) is 4. The maximum atomic E-state index is 12.3. The lowest BCUT2D eigenvalue weighted by molar-refractivity contribution is -0.116. The number of aromatic nitrogens is 4. The highest BCUT2D eigenvalue weighted by Crippen LogP contribution is 2.23. The van der Waals surface area contributed by atoms with Crippen molar-refractivity contribution in [2.24, 2.45) is 0 Å². The number of rotatable bonds is 8. The number of hydrogen-bond donors (Lipinski definition) is 1. The van der Waals surface area contributed by atoms with Gasteiger partial charge in [-0.3, -0.25) is 9.78 Å². The van der Waals surface area contributed by atoms with E-state index in [4.69, 9.17) is 9.15 Å². The Bertz CT molecular complexity index is 1070. The smallest absolute Gasteiger partial charge is 0.248 e. The summed E-state index contributed by atoms with van der Waals surface area (Å²) < 4.78 is 11.4. The molecular formula is C20H17N5O3S. The Morgan fingerprint density at radius 1 is 1.14 bits per heavy atom. The van der Waals surface area contributed by atoms with Crippen LogP contribution >= 0.6 is 11.3 Å². The third kappa shape index (κ3) is 5.02. The van der Waals surface area contributed by atoms with Crippen molar-refractivity contribution in [3.05, 3.63) is 71.1 Å². The van der Waals surface area contributed by atoms with Crippen LogP contribution in [-0.2, 0) is 17.8 Å². The van der Waals surface area contributed by atoms with Crippen LogP contribution in [0.15, 0.2) is 64.1 Å². The molecule has 0 aliphatic carbocycles. The van der Waals surface area contributed by atoms with Crippen LogP contribution in [0.3, 0.4) is 0 Å². The second kappa shape index (κ2) is 9.07. The number of nitrogens with one attached hydrogen (secondary N) is 1. The Labute approximate surface area is 170 Å². The quantitative estimate of drug-likeness (QED) is 0.474. The molecule has 4 aromatic rings. The van der Waals surface area contributed by atoms with E-state index in [1.165, 1.54) is 0 Å². The number of carbonyl (C=O) groups excluding carboxylic acids is 1. The number of amides is 1. The van der Waals surface area contributed by atoms with Gasteiger partial charge in [-0.05, 0) is 41.3 Å². The first-order valence-electron chi connectivity index (χ1n) is 8.89. The van der Waals surface area contributed by atoms with Crippen LogP contribution in [0.4, 0.5) is 5.82 Å². The summed E-state index contributed by atoms with van der Waals surface area (Å²) in [6, 6.07) is 9.15. The van der Waals surface area contributed by atoms with Crippen molar-refractivity contribution in [3.63, 3.8) is 0 Å². The number of pyridine rings is 2. The zero-order valence-corrected chi connectivity index (χ0v) is 16.1. The van der Waals surface area contributed by atoms with Gasteiger partial charge in [-0.15, -0.1) is 10.2 Å². The van der Waals surface area contributed by atoms with Crippen molar-refractivity contribution in [3.8, 4) is 17.2 Å². The van der Waals surface area contributed by atoms with Gasteiger partial charge in [-0.2, -0.15) is 11.3 Å². The summed E-state index contributed by atoms with van der Waals surface area (Å²) in [7, 11) is 0. The minimum Gasteiger partial charge on any atom is -0.485 e. The van der Waals surface area contributed by atoms with E-state index in [1.54, 1.807) is 42.1 Å². The van der Waals surface area contributed by atoms with Gasteiger partial charge in [0.15, 0.2) is 11.6 Å². The molecule has 0 aromatic carbocycles. The second-order valence-corrected chi connectivity index (χ2v) is 6.84. The molecule has 0 saturated carbocycles. The lowest BCUT2D eigenvalue weighted by atomic mass is 10.3. The molecule has 4 rings (SSSR count). The van der Waals surface area contributed by atoms with Crippen LogP contribution in [0, 0.1) is 0 Å². The van der Waals surface area contributed by atoms with Crippen LogP contribution in [0.1, 0.15) is 17.9 Å². The first-order chi connectivity index (χ1) is 14.3. The Kier molecular flexibility index (Phi) is 5.87. The van der Waals surface area contributed by atoms with Crippen LogP contribution in [-0.4, -0.2) is 26.1 Å². The van der Waals surface area contributed by atoms with Gasteiger partial charge in [0.05, 0.1) is 0 Å². The number of thiophene rings is 1. The molecule has 146 valence electrons. The van der Waals surface area contributed by atoms with Gasteiger partial charge in [0.1, 0.15) is 6.61 Å². The van der Waals surface area contributed by atoms with Crippen molar-refractivity contribution >= 4 is 23.1 Å². The van der Waals surface area contributed by atoms with Crippen molar-refractivity contribution in [2.45, 2.75) is 19.4 Å². The molecule has 1 amide bonds. The van der Waals surface area contributed by atoms with E-state index in [9.17, 15) is 4.79 Å². The van der Waals surface area contributed by atoms with Crippen molar-refractivity contribution in [1.29, 1.82) is 0 Å².